The molecule has 0 bridgehead atoms. The van der Waals surface area contributed by atoms with Gasteiger partial charge in [-0.15, -0.1) is 22.9 Å². The third-order valence-electron chi connectivity index (χ3n) is 1.84. The van der Waals surface area contributed by atoms with Crippen molar-refractivity contribution in [2.75, 3.05) is 11.6 Å². The Morgan fingerprint density at radius 3 is 2.80 bits per heavy atom. The molecule has 0 fully saturated rings. The minimum absolute atomic E-state index is 0.158. The number of rotatable bonds is 7. The zero-order valence-electron chi connectivity index (χ0n) is 8.28. The minimum atomic E-state index is -3.13. The lowest BCUT2D eigenvalue weighted by Gasteiger charge is -2.04. The number of alkyl halides is 1. The number of unbranched alkanes of at least 4 members (excludes halogenated alkanes) is 1. The molecule has 86 valence electrons. The molecule has 1 heterocycles. The molecular formula is C9H14ClNO2S2. The van der Waals surface area contributed by atoms with Crippen molar-refractivity contribution < 1.29 is 8.42 Å². The van der Waals surface area contributed by atoms with Gasteiger partial charge in [0.25, 0.3) is 0 Å². The molecule has 15 heavy (non-hydrogen) atoms. The van der Waals surface area contributed by atoms with Crippen LogP contribution in [0.25, 0.3) is 0 Å². The van der Waals surface area contributed by atoms with Crippen LogP contribution in [-0.2, 0) is 16.6 Å². The molecule has 3 nitrogen and oxygen atoms in total. The first-order valence-corrected chi connectivity index (χ1v) is 7.76. The Bertz CT molecular complexity index is 361. The first-order chi connectivity index (χ1) is 7.14. The average molecular weight is 268 g/mol. The zero-order valence-corrected chi connectivity index (χ0v) is 10.7. The second-order valence-corrected chi connectivity index (χ2v) is 6.45. The van der Waals surface area contributed by atoms with E-state index in [2.05, 4.69) is 4.72 Å². The van der Waals surface area contributed by atoms with Crippen LogP contribution in [0.2, 0.25) is 0 Å². The molecule has 0 aliphatic carbocycles. The number of sulfonamides is 1. The van der Waals surface area contributed by atoms with Crippen LogP contribution in [0, 0.1) is 0 Å². The Balaban J connectivity index is 2.30. The van der Waals surface area contributed by atoms with Crippen molar-refractivity contribution in [2.45, 2.75) is 19.4 Å². The lowest BCUT2D eigenvalue weighted by Crippen LogP contribution is -2.25. The minimum Gasteiger partial charge on any atom is -0.212 e. The maximum atomic E-state index is 11.5. The molecular weight excluding hydrogens is 254 g/mol. The van der Waals surface area contributed by atoms with Gasteiger partial charge in [0.1, 0.15) is 0 Å². The largest absolute Gasteiger partial charge is 0.212 e. The second kappa shape index (κ2) is 6.48. The molecule has 0 aromatic carbocycles. The van der Waals surface area contributed by atoms with E-state index in [0.29, 0.717) is 18.8 Å². The predicted molar refractivity (Wildman–Crippen MR) is 64.9 cm³/mol. The van der Waals surface area contributed by atoms with Crippen molar-refractivity contribution in [3.05, 3.63) is 22.4 Å². The van der Waals surface area contributed by atoms with E-state index in [1.54, 1.807) is 11.3 Å². The summed E-state index contributed by atoms with van der Waals surface area (Å²) in [6.45, 7) is 0.390. The Kier molecular flexibility index (Phi) is 5.60. The lowest BCUT2D eigenvalue weighted by molar-refractivity contribution is 0.578. The van der Waals surface area contributed by atoms with E-state index in [0.717, 1.165) is 11.3 Å². The summed E-state index contributed by atoms with van der Waals surface area (Å²) in [6.07, 6.45) is 1.35. The Hall–Kier alpha value is -0.100. The summed E-state index contributed by atoms with van der Waals surface area (Å²) in [4.78, 5) is 1.02. The molecule has 1 aromatic rings. The van der Waals surface area contributed by atoms with Gasteiger partial charge < -0.3 is 0 Å². The van der Waals surface area contributed by atoms with Crippen molar-refractivity contribution in [3.8, 4) is 0 Å². The van der Waals surface area contributed by atoms with E-state index >= 15 is 0 Å². The Labute approximate surface area is 99.5 Å². The van der Waals surface area contributed by atoms with Crippen LogP contribution in [0.15, 0.2) is 17.5 Å². The Morgan fingerprint density at radius 2 is 2.20 bits per heavy atom. The highest BCUT2D eigenvalue weighted by atomic mass is 35.5. The smallest absolute Gasteiger partial charge is 0.211 e. The van der Waals surface area contributed by atoms with Gasteiger partial charge in [-0.25, -0.2) is 13.1 Å². The number of hydrogen-bond donors (Lipinski definition) is 1. The fraction of sp³-hybridized carbons (Fsp3) is 0.556. The van der Waals surface area contributed by atoms with E-state index in [1.165, 1.54) is 0 Å². The fourth-order valence-electron chi connectivity index (χ4n) is 1.05. The highest BCUT2D eigenvalue weighted by Gasteiger charge is 2.09. The monoisotopic (exact) mass is 267 g/mol. The average Bonchev–Trinajstić information content (AvgIpc) is 2.68. The molecule has 0 spiro atoms. The van der Waals surface area contributed by atoms with Crippen LogP contribution in [0.4, 0.5) is 0 Å². The summed E-state index contributed by atoms with van der Waals surface area (Å²) in [5, 5.41) is 1.93. The van der Waals surface area contributed by atoms with Gasteiger partial charge in [-0.05, 0) is 24.3 Å². The van der Waals surface area contributed by atoms with E-state index in [1.807, 2.05) is 17.5 Å². The van der Waals surface area contributed by atoms with Crippen molar-refractivity contribution in [1.82, 2.24) is 4.72 Å². The predicted octanol–water partition coefficient (Wildman–Crippen LogP) is 2.19. The van der Waals surface area contributed by atoms with Gasteiger partial charge in [-0.1, -0.05) is 6.07 Å². The number of thiophene rings is 1. The van der Waals surface area contributed by atoms with Crippen molar-refractivity contribution in [1.29, 1.82) is 0 Å². The number of halogens is 1. The summed E-state index contributed by atoms with van der Waals surface area (Å²) in [5.74, 6) is 0.672. The molecule has 1 rings (SSSR count). The number of nitrogens with one attached hydrogen (secondary N) is 1. The maximum absolute atomic E-state index is 11.5. The van der Waals surface area contributed by atoms with Crippen LogP contribution in [0.5, 0.6) is 0 Å². The standard InChI is InChI=1S/C9H14ClNO2S2/c10-5-1-2-7-15(12,13)11-8-9-4-3-6-14-9/h3-4,6,11H,1-2,5,7-8H2. The normalized spacial score (nSPS) is 11.8. The van der Waals surface area contributed by atoms with Crippen LogP contribution >= 0.6 is 22.9 Å². The fourth-order valence-corrected chi connectivity index (χ4v) is 3.08. The second-order valence-electron chi connectivity index (χ2n) is 3.12. The first kappa shape index (κ1) is 13.0. The lowest BCUT2D eigenvalue weighted by atomic mass is 10.4. The van der Waals surface area contributed by atoms with Crippen LogP contribution in [0.1, 0.15) is 17.7 Å². The molecule has 1 N–H and O–H groups in total. The summed E-state index contributed by atoms with van der Waals surface area (Å²) in [5.41, 5.74) is 0. The van der Waals surface area contributed by atoms with E-state index < -0.39 is 10.0 Å². The summed E-state index contributed by atoms with van der Waals surface area (Å²) in [7, 11) is -3.13. The summed E-state index contributed by atoms with van der Waals surface area (Å²) in [6, 6.07) is 3.81. The topological polar surface area (TPSA) is 46.2 Å². The summed E-state index contributed by atoms with van der Waals surface area (Å²) < 4.78 is 25.5. The maximum Gasteiger partial charge on any atom is 0.211 e. The van der Waals surface area contributed by atoms with E-state index in [9.17, 15) is 8.42 Å². The Morgan fingerprint density at radius 1 is 1.40 bits per heavy atom. The molecule has 0 radical (unpaired) electrons. The molecule has 0 amide bonds. The van der Waals surface area contributed by atoms with Gasteiger partial charge in [-0.3, -0.25) is 0 Å². The molecule has 6 heteroatoms. The van der Waals surface area contributed by atoms with Crippen molar-refractivity contribution in [3.63, 3.8) is 0 Å². The molecule has 1 aromatic heterocycles. The van der Waals surface area contributed by atoms with E-state index in [-0.39, 0.29) is 5.75 Å². The molecule has 0 aliphatic rings. The van der Waals surface area contributed by atoms with Gasteiger partial charge in [-0.2, -0.15) is 0 Å². The van der Waals surface area contributed by atoms with Gasteiger partial charge in [0, 0.05) is 17.3 Å². The van der Waals surface area contributed by atoms with Gasteiger partial charge in [0.2, 0.25) is 10.0 Å². The van der Waals surface area contributed by atoms with Gasteiger partial charge >= 0.3 is 0 Å². The van der Waals surface area contributed by atoms with Crippen LogP contribution < -0.4 is 4.72 Å². The molecule has 0 saturated heterocycles. The molecule has 0 aliphatic heterocycles. The third kappa shape index (κ3) is 5.51. The van der Waals surface area contributed by atoms with Gasteiger partial charge in [0.05, 0.1) is 5.75 Å². The van der Waals surface area contributed by atoms with Crippen LogP contribution in [-0.4, -0.2) is 20.1 Å². The highest BCUT2D eigenvalue weighted by Crippen LogP contribution is 2.08. The SMILES string of the molecule is O=S(=O)(CCCCCl)NCc1cccs1. The molecule has 0 saturated carbocycles. The van der Waals surface area contributed by atoms with E-state index in [4.69, 9.17) is 11.6 Å². The van der Waals surface area contributed by atoms with Gasteiger partial charge in [0.15, 0.2) is 0 Å². The van der Waals surface area contributed by atoms with Crippen LogP contribution in [0.3, 0.4) is 0 Å². The molecule has 0 unspecified atom stereocenters. The highest BCUT2D eigenvalue weighted by molar-refractivity contribution is 7.89. The quantitative estimate of drug-likeness (QED) is 0.608. The zero-order chi connectivity index (χ0) is 11.1. The molecule has 0 atom stereocenters. The summed E-state index contributed by atoms with van der Waals surface area (Å²) >= 11 is 7.02. The number of hydrogen-bond acceptors (Lipinski definition) is 3. The van der Waals surface area contributed by atoms with Crippen molar-refractivity contribution in [2.24, 2.45) is 0 Å². The first-order valence-electron chi connectivity index (χ1n) is 4.70. The van der Waals surface area contributed by atoms with Crippen molar-refractivity contribution >= 4 is 33.0 Å². The third-order valence-corrected chi connectivity index (χ3v) is 4.40.